The molecular formula is C13H8Cl2F3NO. The van der Waals surface area contributed by atoms with Crippen molar-refractivity contribution in [3.05, 3.63) is 52.0 Å². The van der Waals surface area contributed by atoms with Crippen LogP contribution in [0.1, 0.15) is 5.56 Å². The molecule has 0 saturated heterocycles. The maximum Gasteiger partial charge on any atom is 0.420 e. The normalized spacial score (nSPS) is 11.4. The van der Waals surface area contributed by atoms with Crippen LogP contribution >= 0.6 is 23.2 Å². The second-order valence-electron chi connectivity index (χ2n) is 3.93. The van der Waals surface area contributed by atoms with Crippen molar-refractivity contribution in [1.29, 1.82) is 0 Å². The van der Waals surface area contributed by atoms with Gasteiger partial charge in [0, 0.05) is 10.7 Å². The van der Waals surface area contributed by atoms with E-state index >= 15 is 0 Å². The number of hydrogen-bond donors (Lipinski definition) is 1. The minimum atomic E-state index is -4.58. The van der Waals surface area contributed by atoms with Gasteiger partial charge in [0.15, 0.2) is 0 Å². The Morgan fingerprint density at radius 1 is 0.950 bits per heavy atom. The summed E-state index contributed by atoms with van der Waals surface area (Å²) in [5.74, 6) is -0.303. The molecule has 106 valence electrons. The molecule has 0 unspecified atom stereocenters. The molecule has 0 aliphatic carbocycles. The topological polar surface area (TPSA) is 35.2 Å². The van der Waals surface area contributed by atoms with Gasteiger partial charge in [-0.3, -0.25) is 0 Å². The monoisotopic (exact) mass is 321 g/mol. The first-order valence-electron chi connectivity index (χ1n) is 5.37. The lowest BCUT2D eigenvalue weighted by molar-refractivity contribution is -0.138. The van der Waals surface area contributed by atoms with Crippen LogP contribution in [0, 0.1) is 0 Å². The van der Waals surface area contributed by atoms with Crippen LogP contribution in [0.5, 0.6) is 11.5 Å². The third-order valence-corrected chi connectivity index (χ3v) is 2.95. The number of benzene rings is 2. The maximum absolute atomic E-state index is 12.9. The number of alkyl halides is 3. The van der Waals surface area contributed by atoms with Crippen LogP contribution < -0.4 is 10.5 Å². The molecule has 20 heavy (non-hydrogen) atoms. The molecule has 0 fully saturated rings. The molecule has 0 radical (unpaired) electrons. The molecule has 0 amide bonds. The third-order valence-electron chi connectivity index (χ3n) is 2.42. The highest BCUT2D eigenvalue weighted by Gasteiger charge is 2.34. The van der Waals surface area contributed by atoms with Gasteiger partial charge in [-0.15, -0.1) is 0 Å². The number of halogens is 5. The van der Waals surface area contributed by atoms with E-state index in [0.29, 0.717) is 5.02 Å². The molecule has 2 nitrogen and oxygen atoms in total. The summed E-state index contributed by atoms with van der Waals surface area (Å²) < 4.78 is 43.9. The van der Waals surface area contributed by atoms with Crippen LogP contribution in [0.25, 0.3) is 0 Å². The molecule has 0 aliphatic heterocycles. The van der Waals surface area contributed by atoms with Crippen LogP contribution in [-0.2, 0) is 6.18 Å². The fourth-order valence-corrected chi connectivity index (χ4v) is 1.98. The van der Waals surface area contributed by atoms with Crippen molar-refractivity contribution in [3.8, 4) is 11.5 Å². The lowest BCUT2D eigenvalue weighted by Gasteiger charge is -2.15. The highest BCUT2D eigenvalue weighted by molar-refractivity contribution is 6.35. The molecule has 7 heteroatoms. The van der Waals surface area contributed by atoms with E-state index in [-0.39, 0.29) is 22.2 Å². The molecule has 2 rings (SSSR count). The lowest BCUT2D eigenvalue weighted by atomic mass is 10.1. The van der Waals surface area contributed by atoms with Crippen molar-refractivity contribution in [2.24, 2.45) is 0 Å². The average Bonchev–Trinajstić information content (AvgIpc) is 2.33. The number of nitrogens with two attached hydrogens (primary N) is 1. The van der Waals surface area contributed by atoms with Crippen molar-refractivity contribution >= 4 is 28.9 Å². The number of hydrogen-bond acceptors (Lipinski definition) is 2. The molecule has 0 heterocycles. The van der Waals surface area contributed by atoms with Crippen LogP contribution in [0.2, 0.25) is 10.0 Å². The van der Waals surface area contributed by atoms with Crippen molar-refractivity contribution in [2.75, 3.05) is 5.73 Å². The van der Waals surface area contributed by atoms with Crippen molar-refractivity contribution in [3.63, 3.8) is 0 Å². The van der Waals surface area contributed by atoms with Gasteiger partial charge in [-0.1, -0.05) is 23.2 Å². The average molecular weight is 322 g/mol. The highest BCUT2D eigenvalue weighted by Crippen LogP contribution is 2.40. The maximum atomic E-state index is 12.9. The first-order chi connectivity index (χ1) is 9.27. The van der Waals surface area contributed by atoms with Crippen LogP contribution in [0.15, 0.2) is 36.4 Å². The van der Waals surface area contributed by atoms with Gasteiger partial charge < -0.3 is 10.5 Å². The Balaban J connectivity index is 2.43. The number of anilines is 1. The zero-order valence-electron chi connectivity index (χ0n) is 9.84. The predicted molar refractivity (Wildman–Crippen MR) is 72.4 cm³/mol. The lowest BCUT2D eigenvalue weighted by Crippen LogP contribution is -2.08. The van der Waals surface area contributed by atoms with E-state index < -0.39 is 11.7 Å². The second-order valence-corrected chi connectivity index (χ2v) is 4.77. The Labute approximate surface area is 122 Å². The van der Waals surface area contributed by atoms with Gasteiger partial charge in [-0.2, -0.15) is 13.2 Å². The predicted octanol–water partition coefficient (Wildman–Crippen LogP) is 5.39. The second kappa shape index (κ2) is 5.42. The Kier molecular flexibility index (Phi) is 4.01. The van der Waals surface area contributed by atoms with Gasteiger partial charge in [-0.25, -0.2) is 0 Å². The Morgan fingerprint density at radius 2 is 1.60 bits per heavy atom. The fraction of sp³-hybridized carbons (Fsp3) is 0.0769. The van der Waals surface area contributed by atoms with Gasteiger partial charge >= 0.3 is 6.18 Å². The molecule has 2 aromatic carbocycles. The summed E-state index contributed by atoms with van der Waals surface area (Å²) >= 11 is 11.6. The highest BCUT2D eigenvalue weighted by atomic mass is 35.5. The Morgan fingerprint density at radius 3 is 2.20 bits per heavy atom. The van der Waals surface area contributed by atoms with E-state index in [0.717, 1.165) is 12.1 Å². The van der Waals surface area contributed by atoms with E-state index in [9.17, 15) is 13.2 Å². The minimum Gasteiger partial charge on any atom is -0.455 e. The van der Waals surface area contributed by atoms with E-state index in [2.05, 4.69) is 0 Å². The Hall–Kier alpha value is -1.59. The van der Waals surface area contributed by atoms with Crippen LogP contribution in [-0.4, -0.2) is 0 Å². The summed E-state index contributed by atoms with van der Waals surface area (Å²) in [4.78, 5) is 0. The van der Waals surface area contributed by atoms with E-state index in [1.54, 1.807) is 0 Å². The van der Waals surface area contributed by atoms with Gasteiger partial charge in [-0.05, 0) is 36.4 Å². The zero-order chi connectivity index (χ0) is 14.9. The van der Waals surface area contributed by atoms with Crippen molar-refractivity contribution < 1.29 is 17.9 Å². The van der Waals surface area contributed by atoms with Crippen molar-refractivity contribution in [2.45, 2.75) is 6.18 Å². The SMILES string of the molecule is Nc1ccc(Oc2ccc(Cl)cc2Cl)c(C(F)(F)F)c1. The summed E-state index contributed by atoms with van der Waals surface area (Å²) in [5.41, 5.74) is 4.39. The third kappa shape index (κ3) is 3.29. The summed E-state index contributed by atoms with van der Waals surface area (Å²) in [6, 6.07) is 7.49. The summed E-state index contributed by atoms with van der Waals surface area (Å²) in [7, 11) is 0. The van der Waals surface area contributed by atoms with Gasteiger partial charge in [0.2, 0.25) is 0 Å². The van der Waals surface area contributed by atoms with E-state index in [1.807, 2.05) is 0 Å². The number of rotatable bonds is 2. The molecular weight excluding hydrogens is 314 g/mol. The molecule has 0 aromatic heterocycles. The first kappa shape index (κ1) is 14.8. The number of nitrogen functional groups attached to an aromatic ring is 1. The van der Waals surface area contributed by atoms with Gasteiger partial charge in [0.25, 0.3) is 0 Å². The molecule has 2 aromatic rings. The van der Waals surface area contributed by atoms with Gasteiger partial charge in [0.1, 0.15) is 17.1 Å². The van der Waals surface area contributed by atoms with Crippen molar-refractivity contribution in [1.82, 2.24) is 0 Å². The molecule has 0 aliphatic rings. The molecule has 0 atom stereocenters. The molecule has 2 N–H and O–H groups in total. The van der Waals surface area contributed by atoms with Crippen LogP contribution in [0.3, 0.4) is 0 Å². The largest absolute Gasteiger partial charge is 0.455 e. The summed E-state index contributed by atoms with van der Waals surface area (Å²) in [5, 5.41) is 0.471. The summed E-state index contributed by atoms with van der Waals surface area (Å²) in [6.45, 7) is 0. The van der Waals surface area contributed by atoms with E-state index in [4.69, 9.17) is 33.7 Å². The van der Waals surface area contributed by atoms with Crippen LogP contribution in [0.4, 0.5) is 18.9 Å². The quantitative estimate of drug-likeness (QED) is 0.753. The smallest absolute Gasteiger partial charge is 0.420 e. The first-order valence-corrected chi connectivity index (χ1v) is 6.12. The van der Waals surface area contributed by atoms with Gasteiger partial charge in [0.05, 0.1) is 5.02 Å². The summed E-state index contributed by atoms with van der Waals surface area (Å²) in [6.07, 6.45) is -4.58. The zero-order valence-corrected chi connectivity index (χ0v) is 11.4. The minimum absolute atomic E-state index is 0.00752. The standard InChI is InChI=1S/C13H8Cl2F3NO/c14-7-1-3-12(10(15)5-7)20-11-4-2-8(19)6-9(11)13(16,17)18/h1-6H,19H2. The fourth-order valence-electron chi connectivity index (χ4n) is 1.53. The Bertz CT molecular complexity index is 644. The molecule has 0 spiro atoms. The molecule has 0 saturated carbocycles. The van der Waals surface area contributed by atoms with E-state index in [1.165, 1.54) is 24.3 Å². The number of ether oxygens (including phenoxy) is 1. The molecule has 0 bridgehead atoms.